The second kappa shape index (κ2) is 14.4. The van der Waals surface area contributed by atoms with E-state index in [9.17, 15) is 9.90 Å². The number of rotatable bonds is 11. The van der Waals surface area contributed by atoms with Crippen LogP contribution in [0.25, 0.3) is 10.8 Å². The van der Waals surface area contributed by atoms with Crippen LogP contribution in [0, 0.1) is 0 Å². The summed E-state index contributed by atoms with van der Waals surface area (Å²) in [4.78, 5) is 14.1. The molecule has 0 radical (unpaired) electrons. The Kier molecular flexibility index (Phi) is 10.2. The maximum atomic E-state index is 11.8. The first-order chi connectivity index (χ1) is 20.9. The summed E-state index contributed by atoms with van der Waals surface area (Å²) in [6.45, 7) is 7.03. The van der Waals surface area contributed by atoms with Gasteiger partial charge in [-0.1, -0.05) is 97.6 Å². The minimum atomic E-state index is -0.551. The third-order valence-electron chi connectivity index (χ3n) is 8.04. The van der Waals surface area contributed by atoms with E-state index in [0.29, 0.717) is 13.0 Å². The van der Waals surface area contributed by atoms with E-state index in [0.717, 1.165) is 28.8 Å². The third-order valence-corrected chi connectivity index (χ3v) is 8.04. The van der Waals surface area contributed by atoms with Crippen molar-refractivity contribution < 1.29 is 24.1 Å². The van der Waals surface area contributed by atoms with Crippen LogP contribution in [0.1, 0.15) is 59.6 Å². The molecule has 1 saturated heterocycles. The molecule has 1 aliphatic rings. The molecular formula is C36H40N2O5. The van der Waals surface area contributed by atoms with E-state index in [1.807, 2.05) is 48.5 Å². The van der Waals surface area contributed by atoms with Gasteiger partial charge in [0.1, 0.15) is 6.61 Å². The van der Waals surface area contributed by atoms with E-state index in [-0.39, 0.29) is 31.5 Å². The van der Waals surface area contributed by atoms with Gasteiger partial charge in [-0.25, -0.2) is 4.79 Å². The Morgan fingerprint density at radius 3 is 2.42 bits per heavy atom. The molecule has 1 heterocycles. The van der Waals surface area contributed by atoms with Gasteiger partial charge in [0.25, 0.3) is 0 Å². The van der Waals surface area contributed by atoms with Crippen molar-refractivity contribution in [2.45, 2.75) is 51.0 Å². The third kappa shape index (κ3) is 7.89. The summed E-state index contributed by atoms with van der Waals surface area (Å²) in [5, 5.41) is 14.7. The number of hydrogen-bond acceptors (Lipinski definition) is 6. The number of carbonyl (C=O) groups excluding carboxylic acids is 1. The molecule has 7 heteroatoms. The Morgan fingerprint density at radius 2 is 1.70 bits per heavy atom. The van der Waals surface area contributed by atoms with Gasteiger partial charge < -0.3 is 24.6 Å². The molecule has 2 N–H and O–H groups in total. The summed E-state index contributed by atoms with van der Waals surface area (Å²) in [7, 11) is 2.14. The molecule has 0 bridgehead atoms. The predicted molar refractivity (Wildman–Crippen MR) is 168 cm³/mol. The summed E-state index contributed by atoms with van der Waals surface area (Å²) >= 11 is 0. The number of ether oxygens (including phenoxy) is 3. The molecule has 0 unspecified atom stereocenters. The number of fused-ring (bicyclic) bond motifs is 1. The van der Waals surface area contributed by atoms with Crippen molar-refractivity contribution in [3.8, 4) is 0 Å². The van der Waals surface area contributed by atoms with Gasteiger partial charge in [-0.2, -0.15) is 0 Å². The molecule has 224 valence electrons. The molecule has 4 atom stereocenters. The molecule has 0 saturated carbocycles. The summed E-state index contributed by atoms with van der Waals surface area (Å²) in [6, 6.07) is 31.1. The number of carbonyl (C=O) groups is 1. The van der Waals surface area contributed by atoms with Gasteiger partial charge in [0.15, 0.2) is 6.29 Å². The van der Waals surface area contributed by atoms with E-state index < -0.39 is 12.4 Å². The molecule has 43 heavy (non-hydrogen) atoms. The molecule has 4 aromatic carbocycles. The van der Waals surface area contributed by atoms with Crippen molar-refractivity contribution in [1.29, 1.82) is 0 Å². The van der Waals surface area contributed by atoms with Crippen LogP contribution in [-0.4, -0.2) is 42.4 Å². The lowest BCUT2D eigenvalue weighted by Gasteiger charge is -2.39. The zero-order chi connectivity index (χ0) is 30.2. The highest BCUT2D eigenvalue weighted by molar-refractivity contribution is 5.83. The van der Waals surface area contributed by atoms with E-state index in [1.165, 1.54) is 22.4 Å². The predicted octanol–water partition coefficient (Wildman–Crippen LogP) is 6.98. The van der Waals surface area contributed by atoms with Crippen molar-refractivity contribution in [2.24, 2.45) is 0 Å². The Hall–Kier alpha value is -4.01. The summed E-state index contributed by atoms with van der Waals surface area (Å²) in [5.41, 5.74) is 5.03. The molecular weight excluding hydrogens is 540 g/mol. The number of nitrogens with zero attached hydrogens (tertiary/aromatic N) is 1. The Bertz CT molecular complexity index is 1500. The van der Waals surface area contributed by atoms with Crippen LogP contribution in [0.5, 0.6) is 0 Å². The van der Waals surface area contributed by atoms with Gasteiger partial charge >= 0.3 is 6.09 Å². The largest absolute Gasteiger partial charge is 0.445 e. The molecule has 0 aromatic heterocycles. The van der Waals surface area contributed by atoms with Crippen molar-refractivity contribution in [3.63, 3.8) is 0 Å². The van der Waals surface area contributed by atoms with Crippen LogP contribution in [-0.2, 0) is 27.4 Å². The number of aliphatic hydroxyl groups is 1. The standard InChI is InChI=1S/C36H40N2O5/c1-4-19-41-36(40)37-22-26-9-15-30(16-10-26)35-42-33(21-34(43-35)29-13-11-27(24-39)12-14-29)23-38(3)25(2)31-18-17-28-7-5-6-8-32(28)20-31/h4-18,20,25,33-35,39H,1,19,21-24H2,2-3H3,(H,37,40)/t25-,33+,34-,35-/m1/s1. The van der Waals surface area contributed by atoms with Crippen LogP contribution in [0.15, 0.2) is 104 Å². The molecule has 5 rings (SSSR count). The minimum absolute atomic E-state index is 0.00477. The van der Waals surface area contributed by atoms with Crippen molar-refractivity contribution in [3.05, 3.63) is 131 Å². The molecule has 0 aliphatic carbocycles. The molecule has 4 aromatic rings. The fourth-order valence-electron chi connectivity index (χ4n) is 5.39. The number of amides is 1. The van der Waals surface area contributed by atoms with Crippen molar-refractivity contribution >= 4 is 16.9 Å². The quantitative estimate of drug-likeness (QED) is 0.186. The van der Waals surface area contributed by atoms with E-state index >= 15 is 0 Å². The monoisotopic (exact) mass is 580 g/mol. The first kappa shape index (κ1) is 30.4. The highest BCUT2D eigenvalue weighted by Gasteiger charge is 2.33. The van der Waals surface area contributed by atoms with E-state index in [1.54, 1.807) is 0 Å². The first-order valence-corrected chi connectivity index (χ1v) is 14.7. The van der Waals surface area contributed by atoms with E-state index in [4.69, 9.17) is 14.2 Å². The molecule has 0 spiro atoms. The lowest BCUT2D eigenvalue weighted by molar-refractivity contribution is -0.253. The number of nitrogens with one attached hydrogen (secondary N) is 1. The Morgan fingerprint density at radius 1 is 1.00 bits per heavy atom. The molecule has 1 fully saturated rings. The van der Waals surface area contributed by atoms with Crippen molar-refractivity contribution in [1.82, 2.24) is 10.2 Å². The van der Waals surface area contributed by atoms with Crippen LogP contribution in [0.3, 0.4) is 0 Å². The SMILES string of the molecule is C=CCOC(=O)NCc1ccc([C@@H]2O[C@H](CN(C)[C@H](C)c3ccc4ccccc4c3)C[C@H](c3ccc(CO)cc3)O2)cc1. The van der Waals surface area contributed by atoms with Crippen LogP contribution >= 0.6 is 0 Å². The normalized spacial score (nSPS) is 19.2. The van der Waals surface area contributed by atoms with Crippen LogP contribution in [0.2, 0.25) is 0 Å². The van der Waals surface area contributed by atoms with Gasteiger partial charge in [-0.15, -0.1) is 0 Å². The average Bonchev–Trinajstić information content (AvgIpc) is 3.05. The van der Waals surface area contributed by atoms with Crippen LogP contribution < -0.4 is 5.32 Å². The summed E-state index contributed by atoms with van der Waals surface area (Å²) < 4.78 is 18.1. The highest BCUT2D eigenvalue weighted by Crippen LogP contribution is 2.38. The van der Waals surface area contributed by atoms with Crippen molar-refractivity contribution in [2.75, 3.05) is 20.2 Å². The first-order valence-electron chi connectivity index (χ1n) is 14.7. The number of alkyl carbamates (subject to hydrolysis) is 1. The maximum absolute atomic E-state index is 11.8. The summed E-state index contributed by atoms with van der Waals surface area (Å²) in [6.07, 6.45) is 0.964. The van der Waals surface area contributed by atoms with Gasteiger partial charge in [-0.05, 0) is 53.1 Å². The zero-order valence-electron chi connectivity index (χ0n) is 24.8. The topological polar surface area (TPSA) is 80.3 Å². The second-order valence-electron chi connectivity index (χ2n) is 11.1. The van der Waals surface area contributed by atoms with Gasteiger partial charge in [0, 0.05) is 31.1 Å². The molecule has 1 amide bonds. The smallest absolute Gasteiger partial charge is 0.407 e. The lowest BCUT2D eigenvalue weighted by Crippen LogP contribution is -2.38. The fraction of sp³-hybridized carbons (Fsp3) is 0.306. The van der Waals surface area contributed by atoms with Gasteiger partial charge in [0.2, 0.25) is 0 Å². The number of hydrogen-bond donors (Lipinski definition) is 2. The zero-order valence-corrected chi connectivity index (χ0v) is 24.8. The highest BCUT2D eigenvalue weighted by atomic mass is 16.7. The molecule has 7 nitrogen and oxygen atoms in total. The van der Waals surface area contributed by atoms with Crippen LogP contribution in [0.4, 0.5) is 4.79 Å². The number of aliphatic hydroxyl groups excluding tert-OH is 1. The minimum Gasteiger partial charge on any atom is -0.445 e. The fourth-order valence-corrected chi connectivity index (χ4v) is 5.39. The van der Waals surface area contributed by atoms with Gasteiger partial charge in [-0.3, -0.25) is 4.90 Å². The average molecular weight is 581 g/mol. The van der Waals surface area contributed by atoms with E-state index in [2.05, 4.69) is 73.2 Å². The number of likely N-dealkylation sites (N-methyl/N-ethyl adjacent to an activating group) is 1. The lowest BCUT2D eigenvalue weighted by atomic mass is 9.98. The second-order valence-corrected chi connectivity index (χ2v) is 11.1. The molecule has 1 aliphatic heterocycles. The maximum Gasteiger partial charge on any atom is 0.407 e. The Labute approximate surface area is 253 Å². The summed E-state index contributed by atoms with van der Waals surface area (Å²) in [5.74, 6) is 0. The Balaban J connectivity index is 1.30. The number of benzene rings is 4. The van der Waals surface area contributed by atoms with Gasteiger partial charge in [0.05, 0.1) is 18.8 Å².